The number of rotatable bonds is 8. The van der Waals surface area contributed by atoms with E-state index in [0.29, 0.717) is 25.8 Å². The van der Waals surface area contributed by atoms with Crippen LogP contribution >= 0.6 is 0 Å². The van der Waals surface area contributed by atoms with Gasteiger partial charge in [0, 0.05) is 37.5 Å². The highest BCUT2D eigenvalue weighted by molar-refractivity contribution is 5.68. The number of benzene rings is 1. The van der Waals surface area contributed by atoms with Gasteiger partial charge in [0.2, 0.25) is 5.95 Å². The highest BCUT2D eigenvalue weighted by Gasteiger charge is 2.17. The molecular weight excluding hydrogens is 428 g/mol. The third kappa shape index (κ3) is 6.01. The van der Waals surface area contributed by atoms with Gasteiger partial charge in [0.1, 0.15) is 18.2 Å². The molecule has 0 radical (unpaired) electrons. The van der Waals surface area contributed by atoms with E-state index in [9.17, 15) is 0 Å². The first-order valence-electron chi connectivity index (χ1n) is 12.2. The van der Waals surface area contributed by atoms with Gasteiger partial charge in [-0.15, -0.1) is 0 Å². The van der Waals surface area contributed by atoms with Crippen LogP contribution < -0.4 is 15.0 Å². The van der Waals surface area contributed by atoms with Gasteiger partial charge in [-0.3, -0.25) is 9.88 Å². The van der Waals surface area contributed by atoms with Crippen molar-refractivity contribution in [1.29, 1.82) is 0 Å². The third-order valence-electron chi connectivity index (χ3n) is 6.20. The summed E-state index contributed by atoms with van der Waals surface area (Å²) in [5.41, 5.74) is 2.74. The summed E-state index contributed by atoms with van der Waals surface area (Å²) in [6, 6.07) is 14.0. The maximum Gasteiger partial charge on any atom is 0.228 e. The van der Waals surface area contributed by atoms with E-state index in [1.807, 2.05) is 30.3 Å². The summed E-state index contributed by atoms with van der Waals surface area (Å²) < 4.78 is 11.6. The van der Waals surface area contributed by atoms with E-state index in [2.05, 4.69) is 32.2 Å². The lowest BCUT2D eigenvalue weighted by Gasteiger charge is -2.27. The maximum absolute atomic E-state index is 6.11. The molecule has 2 aliphatic heterocycles. The van der Waals surface area contributed by atoms with Crippen molar-refractivity contribution in [3.05, 3.63) is 54.9 Å². The number of aromatic nitrogens is 3. The lowest BCUT2D eigenvalue weighted by molar-refractivity contribution is 0.122. The van der Waals surface area contributed by atoms with Crippen LogP contribution in [0.1, 0.15) is 19.3 Å². The van der Waals surface area contributed by atoms with Crippen LogP contribution in [0.4, 0.5) is 17.5 Å². The minimum atomic E-state index is 0.680. The van der Waals surface area contributed by atoms with Gasteiger partial charge in [-0.25, -0.2) is 4.98 Å². The molecule has 0 atom stereocenters. The molecule has 8 nitrogen and oxygen atoms in total. The average Bonchev–Trinajstić information content (AvgIpc) is 2.90. The molecule has 8 heteroatoms. The van der Waals surface area contributed by atoms with E-state index in [4.69, 9.17) is 19.4 Å². The Morgan fingerprint density at radius 2 is 1.82 bits per heavy atom. The van der Waals surface area contributed by atoms with E-state index in [1.54, 1.807) is 12.4 Å². The van der Waals surface area contributed by atoms with Gasteiger partial charge in [-0.2, -0.15) is 4.98 Å². The summed E-state index contributed by atoms with van der Waals surface area (Å²) in [7, 11) is 0. The Kier molecular flexibility index (Phi) is 7.47. The summed E-state index contributed by atoms with van der Waals surface area (Å²) >= 11 is 0. The molecule has 0 aliphatic carbocycles. The Morgan fingerprint density at radius 3 is 2.65 bits per heavy atom. The minimum Gasteiger partial charge on any atom is -0.492 e. The van der Waals surface area contributed by atoms with Crippen molar-refractivity contribution in [2.24, 2.45) is 0 Å². The standard InChI is InChI=1S/C26H32N6O2/c1-2-10-31(11-3-1)12-17-34-23-8-4-6-21(18-23)24-19-25(28-22-7-5-9-27-20-22)30-26(29-24)32-13-15-33-16-14-32/h4-9,18-20H,1-3,10-17H2,(H,28,29,30). The van der Waals surface area contributed by atoms with Crippen molar-refractivity contribution in [2.45, 2.75) is 19.3 Å². The number of nitrogens with one attached hydrogen (secondary N) is 1. The van der Waals surface area contributed by atoms with Crippen molar-refractivity contribution in [3.63, 3.8) is 0 Å². The fourth-order valence-corrected chi connectivity index (χ4v) is 4.36. The van der Waals surface area contributed by atoms with E-state index in [0.717, 1.165) is 48.1 Å². The second-order valence-electron chi connectivity index (χ2n) is 8.68. The molecule has 2 fully saturated rings. The molecule has 34 heavy (non-hydrogen) atoms. The van der Waals surface area contributed by atoms with Crippen LogP contribution in [0.2, 0.25) is 0 Å². The summed E-state index contributed by atoms with van der Waals surface area (Å²) in [4.78, 5) is 18.5. The van der Waals surface area contributed by atoms with Gasteiger partial charge >= 0.3 is 0 Å². The molecule has 0 spiro atoms. The van der Waals surface area contributed by atoms with E-state index < -0.39 is 0 Å². The van der Waals surface area contributed by atoms with Crippen molar-refractivity contribution in [1.82, 2.24) is 19.9 Å². The summed E-state index contributed by atoms with van der Waals surface area (Å²) in [5, 5.41) is 3.37. The lowest BCUT2D eigenvalue weighted by Crippen LogP contribution is -2.37. The highest BCUT2D eigenvalue weighted by Crippen LogP contribution is 2.27. The zero-order chi connectivity index (χ0) is 23.0. The van der Waals surface area contributed by atoms with Crippen LogP contribution in [0.15, 0.2) is 54.9 Å². The molecule has 178 valence electrons. The largest absolute Gasteiger partial charge is 0.492 e. The summed E-state index contributed by atoms with van der Waals surface area (Å²) in [6.07, 6.45) is 7.48. The molecule has 0 unspecified atom stereocenters. The SMILES string of the molecule is c1cncc(Nc2cc(-c3cccc(OCCN4CCCCC4)c3)nc(N3CCOCC3)n2)c1. The van der Waals surface area contributed by atoms with Gasteiger partial charge in [-0.1, -0.05) is 18.6 Å². The quantitative estimate of drug-likeness (QED) is 0.541. The van der Waals surface area contributed by atoms with Gasteiger partial charge in [0.05, 0.1) is 30.8 Å². The molecule has 2 aromatic heterocycles. The molecule has 3 aromatic rings. The summed E-state index contributed by atoms with van der Waals surface area (Å²) in [6.45, 7) is 6.93. The second-order valence-corrected chi connectivity index (χ2v) is 8.68. The van der Waals surface area contributed by atoms with Gasteiger partial charge in [0.25, 0.3) is 0 Å². The number of pyridine rings is 1. The molecule has 0 bridgehead atoms. The van der Waals surface area contributed by atoms with Crippen molar-refractivity contribution >= 4 is 17.5 Å². The monoisotopic (exact) mass is 460 g/mol. The van der Waals surface area contributed by atoms with Gasteiger partial charge in [-0.05, 0) is 50.2 Å². The van der Waals surface area contributed by atoms with Crippen LogP contribution in [0.3, 0.4) is 0 Å². The number of likely N-dealkylation sites (tertiary alicyclic amines) is 1. The number of hydrogen-bond acceptors (Lipinski definition) is 8. The Labute approximate surface area is 201 Å². The topological polar surface area (TPSA) is 75.6 Å². The normalized spacial score (nSPS) is 16.9. The number of nitrogens with zero attached hydrogens (tertiary/aromatic N) is 5. The van der Waals surface area contributed by atoms with Crippen molar-refractivity contribution in [3.8, 4) is 17.0 Å². The third-order valence-corrected chi connectivity index (χ3v) is 6.20. The number of piperidine rings is 1. The Morgan fingerprint density at radius 1 is 0.941 bits per heavy atom. The molecule has 0 amide bonds. The van der Waals surface area contributed by atoms with Crippen LogP contribution in [0, 0.1) is 0 Å². The van der Waals surface area contributed by atoms with E-state index in [1.165, 1.54) is 32.4 Å². The van der Waals surface area contributed by atoms with Crippen LogP contribution in [-0.2, 0) is 4.74 Å². The Bertz CT molecular complexity index is 1050. The predicted octanol–water partition coefficient (Wildman–Crippen LogP) is 3.98. The summed E-state index contributed by atoms with van der Waals surface area (Å²) in [5.74, 6) is 2.29. The fraction of sp³-hybridized carbons (Fsp3) is 0.423. The molecule has 4 heterocycles. The molecular formula is C26H32N6O2. The Hall–Kier alpha value is -3.23. The van der Waals surface area contributed by atoms with Crippen LogP contribution in [0.25, 0.3) is 11.3 Å². The van der Waals surface area contributed by atoms with E-state index >= 15 is 0 Å². The first kappa shape index (κ1) is 22.6. The van der Waals surface area contributed by atoms with Crippen molar-refractivity contribution < 1.29 is 9.47 Å². The number of hydrogen-bond donors (Lipinski definition) is 1. The highest BCUT2D eigenvalue weighted by atomic mass is 16.5. The molecule has 2 saturated heterocycles. The Balaban J connectivity index is 1.35. The molecule has 1 N–H and O–H groups in total. The first-order chi connectivity index (χ1) is 16.8. The fourth-order valence-electron chi connectivity index (χ4n) is 4.36. The smallest absolute Gasteiger partial charge is 0.228 e. The van der Waals surface area contributed by atoms with Crippen LogP contribution in [0.5, 0.6) is 5.75 Å². The zero-order valence-electron chi connectivity index (χ0n) is 19.5. The molecule has 2 aliphatic rings. The molecule has 0 saturated carbocycles. The number of ether oxygens (including phenoxy) is 2. The van der Waals surface area contributed by atoms with Crippen molar-refractivity contribution in [2.75, 3.05) is 62.8 Å². The van der Waals surface area contributed by atoms with Crippen LogP contribution in [-0.4, -0.2) is 72.4 Å². The molecule has 1 aromatic carbocycles. The number of anilines is 3. The van der Waals surface area contributed by atoms with Gasteiger partial charge < -0.3 is 19.7 Å². The van der Waals surface area contributed by atoms with E-state index in [-0.39, 0.29) is 0 Å². The lowest BCUT2D eigenvalue weighted by atomic mass is 10.1. The van der Waals surface area contributed by atoms with Gasteiger partial charge in [0.15, 0.2) is 0 Å². The maximum atomic E-state index is 6.11. The second kappa shape index (κ2) is 11.3. The first-order valence-corrected chi connectivity index (χ1v) is 12.2. The zero-order valence-corrected chi connectivity index (χ0v) is 19.5. The molecule has 5 rings (SSSR count). The predicted molar refractivity (Wildman–Crippen MR) is 134 cm³/mol. The average molecular weight is 461 g/mol. The minimum absolute atomic E-state index is 0.680. The number of morpholine rings is 1.